The minimum absolute atomic E-state index is 0.0354. The Kier molecular flexibility index (Phi) is 5.61. The number of amides is 1. The van der Waals surface area contributed by atoms with Crippen LogP contribution in [0.4, 0.5) is 0 Å². The third-order valence-electron chi connectivity index (χ3n) is 3.86. The monoisotopic (exact) mass is 279 g/mol. The molecule has 1 unspecified atom stereocenters. The third-order valence-corrected chi connectivity index (χ3v) is 3.86. The maximum atomic E-state index is 11.8. The van der Waals surface area contributed by atoms with E-state index in [1.54, 1.807) is 7.11 Å². The summed E-state index contributed by atoms with van der Waals surface area (Å²) in [7, 11) is 3.64. The van der Waals surface area contributed by atoms with E-state index in [2.05, 4.69) is 23.0 Å². The van der Waals surface area contributed by atoms with Gasteiger partial charge >= 0.3 is 0 Å². The van der Waals surface area contributed by atoms with E-state index in [0.29, 0.717) is 25.7 Å². The number of aromatic nitrogens is 1. The van der Waals surface area contributed by atoms with Gasteiger partial charge in [0.2, 0.25) is 5.91 Å². The van der Waals surface area contributed by atoms with Gasteiger partial charge in [0.05, 0.1) is 6.61 Å². The van der Waals surface area contributed by atoms with Crippen molar-refractivity contribution in [2.24, 2.45) is 0 Å². The minimum Gasteiger partial charge on any atom is -0.383 e. The largest absolute Gasteiger partial charge is 0.383 e. The fourth-order valence-corrected chi connectivity index (χ4v) is 2.82. The summed E-state index contributed by atoms with van der Waals surface area (Å²) in [6, 6.07) is 0.422. The van der Waals surface area contributed by atoms with E-state index in [-0.39, 0.29) is 5.91 Å². The van der Waals surface area contributed by atoms with Gasteiger partial charge in [-0.25, -0.2) is 0 Å². The molecule has 1 aromatic rings. The van der Waals surface area contributed by atoms with Crippen molar-refractivity contribution < 1.29 is 9.53 Å². The van der Waals surface area contributed by atoms with Gasteiger partial charge in [-0.05, 0) is 37.4 Å². The molecule has 112 valence electrons. The van der Waals surface area contributed by atoms with Gasteiger partial charge in [0.1, 0.15) is 6.54 Å². The van der Waals surface area contributed by atoms with E-state index in [4.69, 9.17) is 4.74 Å². The number of hydrogen-bond acceptors (Lipinski definition) is 3. The van der Waals surface area contributed by atoms with Crippen molar-refractivity contribution in [3.63, 3.8) is 0 Å². The normalized spacial score (nSPS) is 18.4. The van der Waals surface area contributed by atoms with Gasteiger partial charge in [-0.3, -0.25) is 4.79 Å². The fraction of sp³-hybridized carbons (Fsp3) is 0.667. The van der Waals surface area contributed by atoms with Crippen molar-refractivity contribution in [2.45, 2.75) is 38.3 Å². The van der Waals surface area contributed by atoms with Crippen LogP contribution in [0.1, 0.15) is 36.4 Å². The highest BCUT2D eigenvalue weighted by molar-refractivity contribution is 5.75. The lowest BCUT2D eigenvalue weighted by Gasteiger charge is -2.13. The SMILES string of the molecule is CNC1CCCCc2cn(CC(=O)NCCOC)cc21. The standard InChI is InChI=1S/C15H25N3O2/c1-16-14-6-4-3-5-12-9-18(10-13(12)14)11-15(19)17-7-8-20-2/h9-10,14,16H,3-8,11H2,1-2H3,(H,17,19). The molecule has 0 bridgehead atoms. The molecule has 0 spiro atoms. The molecular weight excluding hydrogens is 254 g/mol. The summed E-state index contributed by atoms with van der Waals surface area (Å²) in [6.07, 6.45) is 9.03. The highest BCUT2D eigenvalue weighted by Gasteiger charge is 2.19. The molecule has 0 fully saturated rings. The van der Waals surface area contributed by atoms with E-state index in [1.165, 1.54) is 30.4 Å². The molecule has 1 atom stereocenters. The zero-order chi connectivity index (χ0) is 14.4. The highest BCUT2D eigenvalue weighted by atomic mass is 16.5. The van der Waals surface area contributed by atoms with Crippen LogP contribution in [0.2, 0.25) is 0 Å². The van der Waals surface area contributed by atoms with Crippen LogP contribution in [0.15, 0.2) is 12.4 Å². The average Bonchev–Trinajstić information content (AvgIpc) is 2.72. The average molecular weight is 279 g/mol. The quantitative estimate of drug-likeness (QED) is 0.608. The molecule has 2 N–H and O–H groups in total. The second-order valence-corrected chi connectivity index (χ2v) is 5.34. The first-order chi connectivity index (χ1) is 9.74. The van der Waals surface area contributed by atoms with Crippen LogP contribution in [0.25, 0.3) is 0 Å². The zero-order valence-corrected chi connectivity index (χ0v) is 12.4. The van der Waals surface area contributed by atoms with Crippen molar-refractivity contribution in [1.29, 1.82) is 0 Å². The van der Waals surface area contributed by atoms with Crippen LogP contribution < -0.4 is 10.6 Å². The summed E-state index contributed by atoms with van der Waals surface area (Å²) in [5.74, 6) is 0.0354. The Labute approximate surface area is 120 Å². The summed E-state index contributed by atoms with van der Waals surface area (Å²) >= 11 is 0. The summed E-state index contributed by atoms with van der Waals surface area (Å²) in [4.78, 5) is 11.8. The first kappa shape index (κ1) is 15.1. The first-order valence-corrected chi connectivity index (χ1v) is 7.36. The molecule has 1 aromatic heterocycles. The molecule has 5 heteroatoms. The molecular formula is C15H25N3O2. The number of nitrogens with one attached hydrogen (secondary N) is 2. The Morgan fingerprint density at radius 3 is 3.05 bits per heavy atom. The van der Waals surface area contributed by atoms with Gasteiger partial charge < -0.3 is 19.9 Å². The van der Waals surface area contributed by atoms with Gasteiger partial charge in [-0.2, -0.15) is 0 Å². The predicted octanol–water partition coefficient (Wildman–Crippen LogP) is 1.24. The van der Waals surface area contributed by atoms with Crippen molar-refractivity contribution in [3.8, 4) is 0 Å². The van der Waals surface area contributed by atoms with Crippen LogP contribution in [0.5, 0.6) is 0 Å². The van der Waals surface area contributed by atoms with Crippen LogP contribution in [-0.2, 0) is 22.5 Å². The number of carbonyl (C=O) groups excluding carboxylic acids is 1. The van der Waals surface area contributed by atoms with Crippen molar-refractivity contribution in [1.82, 2.24) is 15.2 Å². The number of rotatable bonds is 6. The van der Waals surface area contributed by atoms with Crippen molar-refractivity contribution in [2.75, 3.05) is 27.3 Å². The fourth-order valence-electron chi connectivity index (χ4n) is 2.82. The Bertz CT molecular complexity index is 442. The number of carbonyl (C=O) groups is 1. The van der Waals surface area contributed by atoms with Gasteiger partial charge in [-0.15, -0.1) is 0 Å². The van der Waals surface area contributed by atoms with Crippen LogP contribution in [-0.4, -0.2) is 37.8 Å². The summed E-state index contributed by atoms with van der Waals surface area (Å²) < 4.78 is 6.92. The summed E-state index contributed by atoms with van der Waals surface area (Å²) in [5, 5.41) is 6.23. The molecule has 5 nitrogen and oxygen atoms in total. The van der Waals surface area contributed by atoms with Crippen molar-refractivity contribution in [3.05, 3.63) is 23.5 Å². The number of ether oxygens (including phenoxy) is 1. The lowest BCUT2D eigenvalue weighted by molar-refractivity contribution is -0.121. The molecule has 0 radical (unpaired) electrons. The van der Waals surface area contributed by atoms with Crippen LogP contribution in [0.3, 0.4) is 0 Å². The van der Waals surface area contributed by atoms with Gasteiger partial charge in [0.25, 0.3) is 0 Å². The number of fused-ring (bicyclic) bond motifs is 1. The lowest BCUT2D eigenvalue weighted by Crippen LogP contribution is -2.30. The predicted molar refractivity (Wildman–Crippen MR) is 78.7 cm³/mol. The molecule has 1 aliphatic carbocycles. The maximum Gasteiger partial charge on any atom is 0.239 e. The first-order valence-electron chi connectivity index (χ1n) is 7.36. The molecule has 1 amide bonds. The Hall–Kier alpha value is -1.33. The number of hydrogen-bond donors (Lipinski definition) is 2. The molecule has 0 aromatic carbocycles. The zero-order valence-electron chi connectivity index (χ0n) is 12.4. The Morgan fingerprint density at radius 2 is 2.30 bits per heavy atom. The minimum atomic E-state index is 0.0354. The van der Waals surface area contributed by atoms with E-state index in [1.807, 2.05) is 11.6 Å². The number of methoxy groups -OCH3 is 1. The molecule has 0 saturated carbocycles. The van der Waals surface area contributed by atoms with Crippen LogP contribution >= 0.6 is 0 Å². The van der Waals surface area contributed by atoms with E-state index in [0.717, 1.165) is 6.42 Å². The Morgan fingerprint density at radius 1 is 1.45 bits per heavy atom. The summed E-state index contributed by atoms with van der Waals surface area (Å²) in [5.41, 5.74) is 2.74. The number of aryl methyl sites for hydroxylation is 1. The molecule has 1 aliphatic rings. The Balaban J connectivity index is 1.98. The second kappa shape index (κ2) is 7.45. The van der Waals surface area contributed by atoms with E-state index in [9.17, 15) is 4.79 Å². The lowest BCUT2D eigenvalue weighted by atomic mass is 10.1. The summed E-state index contributed by atoms with van der Waals surface area (Å²) in [6.45, 7) is 1.50. The number of nitrogens with zero attached hydrogens (tertiary/aromatic N) is 1. The smallest absolute Gasteiger partial charge is 0.239 e. The second-order valence-electron chi connectivity index (χ2n) is 5.34. The maximum absolute atomic E-state index is 11.8. The van der Waals surface area contributed by atoms with Crippen LogP contribution in [0, 0.1) is 0 Å². The molecule has 1 heterocycles. The molecule has 2 rings (SSSR count). The molecule has 20 heavy (non-hydrogen) atoms. The topological polar surface area (TPSA) is 55.3 Å². The molecule has 0 aliphatic heterocycles. The van der Waals surface area contributed by atoms with Crippen molar-refractivity contribution >= 4 is 5.91 Å². The van der Waals surface area contributed by atoms with E-state index < -0.39 is 0 Å². The molecule has 0 saturated heterocycles. The highest BCUT2D eigenvalue weighted by Crippen LogP contribution is 2.29. The van der Waals surface area contributed by atoms with Gasteiger partial charge in [0.15, 0.2) is 0 Å². The third kappa shape index (κ3) is 3.84. The van der Waals surface area contributed by atoms with E-state index >= 15 is 0 Å². The van der Waals surface area contributed by atoms with Gasteiger partial charge in [0, 0.05) is 32.1 Å². The van der Waals surface area contributed by atoms with Gasteiger partial charge in [-0.1, -0.05) is 6.42 Å².